The van der Waals surface area contributed by atoms with E-state index in [9.17, 15) is 4.79 Å². The maximum absolute atomic E-state index is 12.7. The number of fused-ring (bicyclic) bond motifs is 1. The summed E-state index contributed by atoms with van der Waals surface area (Å²) < 4.78 is 0. The molecular formula is C16H22N2O. The van der Waals surface area contributed by atoms with Crippen LogP contribution in [0, 0.1) is 0 Å². The van der Waals surface area contributed by atoms with E-state index < -0.39 is 0 Å². The smallest absolute Gasteiger partial charge is 0.254 e. The summed E-state index contributed by atoms with van der Waals surface area (Å²) in [5.74, 6) is 0.190. The highest BCUT2D eigenvalue weighted by molar-refractivity contribution is 5.94. The van der Waals surface area contributed by atoms with Crippen LogP contribution in [0.3, 0.4) is 0 Å². The molecule has 3 heteroatoms. The largest absolute Gasteiger partial charge is 0.333 e. The van der Waals surface area contributed by atoms with Crippen molar-refractivity contribution in [2.75, 3.05) is 13.1 Å². The molecule has 0 saturated carbocycles. The molecule has 0 radical (unpaired) electrons. The molecule has 1 saturated heterocycles. The number of nitrogens with one attached hydrogen (secondary N) is 1. The SMILES string of the molecule is CC1CN(C(=O)c2ccc3c(c2)CCC3)C(C)CN1. The van der Waals surface area contributed by atoms with E-state index in [2.05, 4.69) is 31.3 Å². The molecule has 1 aromatic rings. The Kier molecular flexibility index (Phi) is 3.31. The topological polar surface area (TPSA) is 32.3 Å². The number of nitrogens with zero attached hydrogens (tertiary/aromatic N) is 1. The first kappa shape index (κ1) is 12.7. The quantitative estimate of drug-likeness (QED) is 0.835. The molecular weight excluding hydrogens is 236 g/mol. The fourth-order valence-electron chi connectivity index (χ4n) is 3.18. The molecule has 102 valence electrons. The predicted octanol–water partition coefficient (Wildman–Crippen LogP) is 2.00. The van der Waals surface area contributed by atoms with Crippen molar-refractivity contribution in [3.05, 3.63) is 34.9 Å². The minimum atomic E-state index is 0.190. The number of hydrogen-bond donors (Lipinski definition) is 1. The van der Waals surface area contributed by atoms with Gasteiger partial charge in [0.25, 0.3) is 5.91 Å². The Bertz CT molecular complexity index is 498. The summed E-state index contributed by atoms with van der Waals surface area (Å²) in [6, 6.07) is 6.92. The molecule has 19 heavy (non-hydrogen) atoms. The Labute approximate surface area is 115 Å². The Morgan fingerprint density at radius 2 is 2.05 bits per heavy atom. The second kappa shape index (κ2) is 4.97. The second-order valence-electron chi connectivity index (χ2n) is 5.95. The predicted molar refractivity (Wildman–Crippen MR) is 76.4 cm³/mol. The van der Waals surface area contributed by atoms with E-state index in [4.69, 9.17) is 0 Å². The van der Waals surface area contributed by atoms with Crippen molar-refractivity contribution in [2.45, 2.75) is 45.2 Å². The third-order valence-electron chi connectivity index (χ3n) is 4.37. The van der Waals surface area contributed by atoms with E-state index in [0.717, 1.165) is 25.1 Å². The highest BCUT2D eigenvalue weighted by Gasteiger charge is 2.27. The molecule has 2 aliphatic rings. The van der Waals surface area contributed by atoms with E-state index in [0.29, 0.717) is 6.04 Å². The average molecular weight is 258 g/mol. The maximum atomic E-state index is 12.7. The Hall–Kier alpha value is -1.35. The molecule has 2 unspecified atom stereocenters. The zero-order valence-corrected chi connectivity index (χ0v) is 11.8. The summed E-state index contributed by atoms with van der Waals surface area (Å²) in [5.41, 5.74) is 3.67. The van der Waals surface area contributed by atoms with Gasteiger partial charge in [-0.05, 0) is 56.4 Å². The van der Waals surface area contributed by atoms with E-state index in [-0.39, 0.29) is 11.9 Å². The van der Waals surface area contributed by atoms with Gasteiger partial charge >= 0.3 is 0 Å². The number of aryl methyl sites for hydroxylation is 2. The molecule has 1 aliphatic heterocycles. The standard InChI is InChI=1S/C16H22N2O/c1-11-10-18(12(2)9-17-11)16(19)15-7-6-13-4-3-5-14(13)8-15/h6-8,11-12,17H,3-5,9-10H2,1-2H3. The first-order valence-corrected chi connectivity index (χ1v) is 7.31. The third kappa shape index (κ3) is 2.39. The summed E-state index contributed by atoms with van der Waals surface area (Å²) in [6.07, 6.45) is 3.53. The first-order valence-electron chi connectivity index (χ1n) is 7.31. The highest BCUT2D eigenvalue weighted by Crippen LogP contribution is 2.24. The zero-order valence-electron chi connectivity index (χ0n) is 11.8. The van der Waals surface area contributed by atoms with Crippen LogP contribution in [0.15, 0.2) is 18.2 Å². The van der Waals surface area contributed by atoms with Crippen molar-refractivity contribution >= 4 is 5.91 Å². The fraction of sp³-hybridized carbons (Fsp3) is 0.562. The molecule has 0 spiro atoms. The summed E-state index contributed by atoms with van der Waals surface area (Å²) in [4.78, 5) is 14.7. The van der Waals surface area contributed by atoms with Gasteiger partial charge in [-0.3, -0.25) is 4.79 Å². The minimum absolute atomic E-state index is 0.190. The normalized spacial score (nSPS) is 26.3. The van der Waals surface area contributed by atoms with Crippen LogP contribution < -0.4 is 5.32 Å². The number of rotatable bonds is 1. The van der Waals surface area contributed by atoms with E-state index in [1.54, 1.807) is 0 Å². The molecule has 0 bridgehead atoms. The van der Waals surface area contributed by atoms with Crippen LogP contribution >= 0.6 is 0 Å². The molecule has 1 aromatic carbocycles. The number of amides is 1. The Morgan fingerprint density at radius 1 is 1.26 bits per heavy atom. The maximum Gasteiger partial charge on any atom is 0.254 e. The van der Waals surface area contributed by atoms with Gasteiger partial charge < -0.3 is 10.2 Å². The Morgan fingerprint density at radius 3 is 2.89 bits per heavy atom. The summed E-state index contributed by atoms with van der Waals surface area (Å²) >= 11 is 0. The van der Waals surface area contributed by atoms with Crippen molar-refractivity contribution < 1.29 is 4.79 Å². The summed E-state index contributed by atoms with van der Waals surface area (Å²) in [6.45, 7) is 5.94. The monoisotopic (exact) mass is 258 g/mol. The first-order chi connectivity index (χ1) is 9.15. The molecule has 1 amide bonds. The zero-order chi connectivity index (χ0) is 13.4. The van der Waals surface area contributed by atoms with Gasteiger partial charge in [-0.1, -0.05) is 6.07 Å². The lowest BCUT2D eigenvalue weighted by Gasteiger charge is -2.37. The molecule has 0 aromatic heterocycles. The molecule has 3 rings (SSSR count). The van der Waals surface area contributed by atoms with Crippen LogP contribution in [-0.4, -0.2) is 36.0 Å². The van der Waals surface area contributed by atoms with Crippen LogP contribution in [0.2, 0.25) is 0 Å². The molecule has 3 nitrogen and oxygen atoms in total. The van der Waals surface area contributed by atoms with Crippen LogP contribution in [0.25, 0.3) is 0 Å². The van der Waals surface area contributed by atoms with E-state index in [1.165, 1.54) is 24.0 Å². The minimum Gasteiger partial charge on any atom is -0.333 e. The van der Waals surface area contributed by atoms with Gasteiger partial charge in [-0.2, -0.15) is 0 Å². The summed E-state index contributed by atoms with van der Waals surface area (Å²) in [5, 5.41) is 3.42. The van der Waals surface area contributed by atoms with Crippen molar-refractivity contribution in [2.24, 2.45) is 0 Å². The van der Waals surface area contributed by atoms with E-state index in [1.807, 2.05) is 11.0 Å². The number of carbonyl (C=O) groups is 1. The van der Waals surface area contributed by atoms with Gasteiger partial charge in [-0.15, -0.1) is 0 Å². The van der Waals surface area contributed by atoms with Gasteiger partial charge in [0.05, 0.1) is 0 Å². The van der Waals surface area contributed by atoms with Crippen LogP contribution in [0.4, 0.5) is 0 Å². The van der Waals surface area contributed by atoms with Crippen LogP contribution in [-0.2, 0) is 12.8 Å². The molecule has 1 fully saturated rings. The third-order valence-corrected chi connectivity index (χ3v) is 4.37. The lowest BCUT2D eigenvalue weighted by atomic mass is 10.0. The number of benzene rings is 1. The van der Waals surface area contributed by atoms with Gasteiger partial charge in [0.15, 0.2) is 0 Å². The second-order valence-corrected chi connectivity index (χ2v) is 5.95. The lowest BCUT2D eigenvalue weighted by molar-refractivity contribution is 0.0616. The van der Waals surface area contributed by atoms with Crippen LogP contribution in [0.1, 0.15) is 41.8 Å². The van der Waals surface area contributed by atoms with Gasteiger partial charge in [0.2, 0.25) is 0 Å². The molecule has 1 aliphatic carbocycles. The number of carbonyl (C=O) groups excluding carboxylic acids is 1. The van der Waals surface area contributed by atoms with Gasteiger partial charge in [0, 0.05) is 30.7 Å². The van der Waals surface area contributed by atoms with Gasteiger partial charge in [-0.25, -0.2) is 0 Å². The van der Waals surface area contributed by atoms with Crippen molar-refractivity contribution in [1.82, 2.24) is 10.2 Å². The van der Waals surface area contributed by atoms with Crippen molar-refractivity contribution in [3.8, 4) is 0 Å². The van der Waals surface area contributed by atoms with Crippen LogP contribution in [0.5, 0.6) is 0 Å². The summed E-state index contributed by atoms with van der Waals surface area (Å²) in [7, 11) is 0. The van der Waals surface area contributed by atoms with E-state index >= 15 is 0 Å². The molecule has 1 N–H and O–H groups in total. The number of hydrogen-bond acceptors (Lipinski definition) is 2. The lowest BCUT2D eigenvalue weighted by Crippen LogP contribution is -2.56. The fourth-order valence-corrected chi connectivity index (χ4v) is 3.18. The Balaban J connectivity index is 1.83. The average Bonchev–Trinajstić information content (AvgIpc) is 2.88. The van der Waals surface area contributed by atoms with Crippen molar-refractivity contribution in [3.63, 3.8) is 0 Å². The molecule has 1 heterocycles. The molecule has 2 atom stereocenters. The number of piperazine rings is 1. The highest BCUT2D eigenvalue weighted by atomic mass is 16.2. The van der Waals surface area contributed by atoms with Gasteiger partial charge in [0.1, 0.15) is 0 Å². The van der Waals surface area contributed by atoms with Crippen molar-refractivity contribution in [1.29, 1.82) is 0 Å².